The van der Waals surface area contributed by atoms with Gasteiger partial charge in [-0.2, -0.15) is 0 Å². The molecule has 0 bridgehead atoms. The van der Waals surface area contributed by atoms with Crippen LogP contribution >= 0.6 is 0 Å². The lowest BCUT2D eigenvalue weighted by Gasteiger charge is -2.07. The average molecular weight is 260 g/mol. The average Bonchev–Trinajstić information content (AvgIpc) is 2.39. The molecule has 1 heterocycles. The van der Waals surface area contributed by atoms with Crippen LogP contribution in [-0.4, -0.2) is 21.0 Å². The van der Waals surface area contributed by atoms with Crippen molar-refractivity contribution >= 4 is 11.7 Å². The number of hydrogen-bond donors (Lipinski definition) is 1. The number of benzene rings is 1. The highest BCUT2D eigenvalue weighted by Gasteiger charge is 2.17. The summed E-state index contributed by atoms with van der Waals surface area (Å²) in [4.78, 5) is 24.9. The van der Waals surface area contributed by atoms with E-state index in [1.54, 1.807) is 12.1 Å². The third-order valence-electron chi connectivity index (χ3n) is 2.27. The van der Waals surface area contributed by atoms with Crippen molar-refractivity contribution in [2.75, 3.05) is 0 Å². The maximum atomic E-state index is 11.0. The summed E-state index contributed by atoms with van der Waals surface area (Å²) in [5.74, 6) is -1.03. The van der Waals surface area contributed by atoms with Gasteiger partial charge in [-0.25, -0.2) is 4.79 Å². The summed E-state index contributed by atoms with van der Waals surface area (Å²) >= 11 is 0. The maximum absolute atomic E-state index is 11.0. The number of nitro groups is 1. The molecule has 0 aliphatic rings. The molecular weight excluding hydrogens is 252 g/mol. The van der Waals surface area contributed by atoms with E-state index in [9.17, 15) is 14.9 Å². The summed E-state index contributed by atoms with van der Waals surface area (Å²) in [5.41, 5.74) is -0.404. The molecule has 0 atom stereocenters. The molecule has 1 N–H and O–H groups in total. The highest BCUT2D eigenvalue weighted by molar-refractivity contribution is 5.91. The smallest absolute Gasteiger partial charge is 0.339 e. The molecule has 1 aromatic carbocycles. The van der Waals surface area contributed by atoms with E-state index in [-0.39, 0.29) is 17.0 Å². The predicted octanol–water partition coefficient (Wildman–Crippen LogP) is 2.48. The molecule has 0 radical (unpaired) electrons. The van der Waals surface area contributed by atoms with E-state index >= 15 is 0 Å². The van der Waals surface area contributed by atoms with Gasteiger partial charge in [-0.05, 0) is 18.2 Å². The van der Waals surface area contributed by atoms with Gasteiger partial charge < -0.3 is 9.84 Å². The van der Waals surface area contributed by atoms with Crippen molar-refractivity contribution in [1.82, 2.24) is 4.98 Å². The van der Waals surface area contributed by atoms with Crippen LogP contribution in [-0.2, 0) is 0 Å². The van der Waals surface area contributed by atoms with E-state index in [0.717, 1.165) is 18.2 Å². The zero-order chi connectivity index (χ0) is 13.8. The molecule has 0 amide bonds. The number of aromatic carboxylic acids is 1. The molecule has 19 heavy (non-hydrogen) atoms. The Hall–Kier alpha value is -2.96. The fourth-order valence-corrected chi connectivity index (χ4v) is 1.42. The second kappa shape index (κ2) is 5.13. The molecule has 1 aromatic heterocycles. The van der Waals surface area contributed by atoms with E-state index in [0.29, 0.717) is 5.75 Å². The molecule has 96 valence electrons. The largest absolute Gasteiger partial charge is 0.478 e. The van der Waals surface area contributed by atoms with Gasteiger partial charge in [0.15, 0.2) is 0 Å². The van der Waals surface area contributed by atoms with Crippen molar-refractivity contribution in [1.29, 1.82) is 0 Å². The van der Waals surface area contributed by atoms with Gasteiger partial charge in [0, 0.05) is 12.3 Å². The first-order chi connectivity index (χ1) is 9.08. The molecule has 0 saturated carbocycles. The Balaban J connectivity index is 2.43. The first kappa shape index (κ1) is 12.5. The fraction of sp³-hybridized carbons (Fsp3) is 0. The van der Waals surface area contributed by atoms with Crippen molar-refractivity contribution < 1.29 is 19.6 Å². The SMILES string of the molecule is O=C(O)c1ccc([N+](=O)[O-])cc1Oc1cccnc1. The summed E-state index contributed by atoms with van der Waals surface area (Å²) < 4.78 is 5.31. The molecule has 0 unspecified atom stereocenters. The molecule has 0 aliphatic heterocycles. The number of hydrogen-bond acceptors (Lipinski definition) is 5. The number of carbonyl (C=O) groups is 1. The van der Waals surface area contributed by atoms with Gasteiger partial charge in [0.1, 0.15) is 17.1 Å². The Kier molecular flexibility index (Phi) is 3.37. The van der Waals surface area contributed by atoms with E-state index in [1.807, 2.05) is 0 Å². The van der Waals surface area contributed by atoms with Crippen LogP contribution in [0.4, 0.5) is 5.69 Å². The minimum absolute atomic E-state index is 0.102. The molecule has 7 nitrogen and oxygen atoms in total. The lowest BCUT2D eigenvalue weighted by Crippen LogP contribution is -2.01. The van der Waals surface area contributed by atoms with E-state index < -0.39 is 10.9 Å². The number of nitro benzene ring substituents is 1. The van der Waals surface area contributed by atoms with Crippen LogP contribution in [0.15, 0.2) is 42.7 Å². The van der Waals surface area contributed by atoms with Crippen molar-refractivity contribution in [3.63, 3.8) is 0 Å². The molecule has 0 fully saturated rings. The number of carboxylic acids is 1. The van der Waals surface area contributed by atoms with Gasteiger partial charge in [0.25, 0.3) is 5.69 Å². The molecule has 2 rings (SSSR count). The highest BCUT2D eigenvalue weighted by Crippen LogP contribution is 2.29. The minimum Gasteiger partial charge on any atom is -0.478 e. The number of nitrogens with zero attached hydrogens (tertiary/aromatic N) is 2. The first-order valence-electron chi connectivity index (χ1n) is 5.17. The number of aromatic nitrogens is 1. The summed E-state index contributed by atoms with van der Waals surface area (Å²) in [6.45, 7) is 0. The van der Waals surface area contributed by atoms with E-state index in [4.69, 9.17) is 9.84 Å². The van der Waals surface area contributed by atoms with Crippen LogP contribution < -0.4 is 4.74 Å². The zero-order valence-corrected chi connectivity index (χ0v) is 9.52. The third-order valence-corrected chi connectivity index (χ3v) is 2.27. The lowest BCUT2D eigenvalue weighted by atomic mass is 10.2. The zero-order valence-electron chi connectivity index (χ0n) is 9.52. The van der Waals surface area contributed by atoms with E-state index in [1.165, 1.54) is 12.4 Å². The molecular formula is C12H8N2O5. The van der Waals surface area contributed by atoms with Crippen molar-refractivity contribution in [2.24, 2.45) is 0 Å². The van der Waals surface area contributed by atoms with Crippen LogP contribution in [0.3, 0.4) is 0 Å². The van der Waals surface area contributed by atoms with Crippen LogP contribution in [0.1, 0.15) is 10.4 Å². The number of non-ortho nitro benzene ring substituents is 1. The summed E-state index contributed by atoms with van der Waals surface area (Å²) in [6.07, 6.45) is 2.91. The van der Waals surface area contributed by atoms with E-state index in [2.05, 4.69) is 4.98 Å². The Labute approximate surface area is 107 Å². The van der Waals surface area contributed by atoms with Gasteiger partial charge in [-0.15, -0.1) is 0 Å². The van der Waals surface area contributed by atoms with Crippen LogP contribution in [0.5, 0.6) is 11.5 Å². The second-order valence-electron chi connectivity index (χ2n) is 3.53. The van der Waals surface area contributed by atoms with Gasteiger partial charge in [0.2, 0.25) is 0 Å². The van der Waals surface area contributed by atoms with Crippen molar-refractivity contribution in [2.45, 2.75) is 0 Å². The Bertz CT molecular complexity index is 627. The normalized spacial score (nSPS) is 9.89. The van der Waals surface area contributed by atoms with Crippen LogP contribution in [0.25, 0.3) is 0 Å². The standard InChI is InChI=1S/C12H8N2O5/c15-12(16)10-4-3-8(14(17)18)6-11(10)19-9-2-1-5-13-7-9/h1-7H,(H,15,16). The number of rotatable bonds is 4. The van der Waals surface area contributed by atoms with Gasteiger partial charge >= 0.3 is 5.97 Å². The molecule has 0 aliphatic carbocycles. The minimum atomic E-state index is -1.23. The van der Waals surface area contributed by atoms with Crippen LogP contribution in [0.2, 0.25) is 0 Å². The molecule has 2 aromatic rings. The third kappa shape index (κ3) is 2.83. The van der Waals surface area contributed by atoms with Crippen LogP contribution in [0, 0.1) is 10.1 Å². The van der Waals surface area contributed by atoms with Gasteiger partial charge in [0.05, 0.1) is 17.2 Å². The molecule has 0 saturated heterocycles. The summed E-state index contributed by atoms with van der Waals surface area (Å²) in [6, 6.07) is 6.48. The Morgan fingerprint density at radius 2 is 2.16 bits per heavy atom. The number of carboxylic acid groups (broad SMARTS) is 1. The van der Waals surface area contributed by atoms with Crippen molar-refractivity contribution in [3.05, 3.63) is 58.4 Å². The molecule has 0 spiro atoms. The first-order valence-corrected chi connectivity index (χ1v) is 5.17. The van der Waals surface area contributed by atoms with Gasteiger partial charge in [-0.1, -0.05) is 0 Å². The Morgan fingerprint density at radius 1 is 1.37 bits per heavy atom. The Morgan fingerprint density at radius 3 is 2.74 bits per heavy atom. The quantitative estimate of drug-likeness (QED) is 0.669. The topological polar surface area (TPSA) is 103 Å². The molecule has 7 heteroatoms. The maximum Gasteiger partial charge on any atom is 0.339 e. The van der Waals surface area contributed by atoms with Crippen molar-refractivity contribution in [3.8, 4) is 11.5 Å². The lowest BCUT2D eigenvalue weighted by molar-refractivity contribution is -0.384. The number of pyridine rings is 1. The summed E-state index contributed by atoms with van der Waals surface area (Å²) in [7, 11) is 0. The predicted molar refractivity (Wildman–Crippen MR) is 64.4 cm³/mol. The second-order valence-corrected chi connectivity index (χ2v) is 3.53. The highest BCUT2D eigenvalue weighted by atomic mass is 16.6. The fourth-order valence-electron chi connectivity index (χ4n) is 1.42. The number of ether oxygens (including phenoxy) is 1. The monoisotopic (exact) mass is 260 g/mol. The summed E-state index contributed by atoms with van der Waals surface area (Å²) in [5, 5.41) is 19.7. The van der Waals surface area contributed by atoms with Gasteiger partial charge in [-0.3, -0.25) is 15.1 Å².